The highest BCUT2D eigenvalue weighted by atomic mass is 16.3. The zero-order valence-electron chi connectivity index (χ0n) is 31.3. The Bertz CT molecular complexity index is 3450. The molecular weight excluding hydrogens is 711 g/mol. The fourth-order valence-electron chi connectivity index (χ4n) is 8.75. The number of benzene rings is 8. The van der Waals surface area contributed by atoms with Crippen LogP contribution in [0.4, 0.5) is 0 Å². The molecule has 0 atom stereocenters. The molecule has 0 radical (unpaired) electrons. The number of fused-ring (bicyclic) bond motifs is 9. The summed E-state index contributed by atoms with van der Waals surface area (Å²) in [6.45, 7) is 0. The first-order valence-corrected chi connectivity index (χ1v) is 19.7. The van der Waals surface area contributed by atoms with Crippen LogP contribution in [0.15, 0.2) is 179 Å². The van der Waals surface area contributed by atoms with Crippen LogP contribution < -0.4 is 0 Å². The Kier molecular flexibility index (Phi) is 7.29. The van der Waals surface area contributed by atoms with Gasteiger partial charge in [0.1, 0.15) is 22.5 Å². The molecule has 11 aromatic rings. The van der Waals surface area contributed by atoms with Crippen molar-refractivity contribution in [3.05, 3.63) is 181 Å². The second kappa shape index (κ2) is 13.0. The summed E-state index contributed by atoms with van der Waals surface area (Å²) in [5, 5.41) is 7.74. The normalized spacial score (nSPS) is 12.6. The van der Waals surface area contributed by atoms with Crippen LogP contribution in [0.2, 0.25) is 0 Å². The lowest BCUT2D eigenvalue weighted by molar-refractivity contribution is 0.598. The summed E-state index contributed by atoms with van der Waals surface area (Å²) in [7, 11) is 0. The highest BCUT2D eigenvalue weighted by molar-refractivity contribution is 6.16. The first kappa shape index (κ1) is 32.6. The van der Waals surface area contributed by atoms with Gasteiger partial charge in [-0.15, -0.1) is 0 Å². The van der Waals surface area contributed by atoms with Crippen LogP contribution >= 0.6 is 0 Å². The topological polar surface area (TPSA) is 65.0 Å². The van der Waals surface area contributed by atoms with E-state index in [9.17, 15) is 0 Å². The van der Waals surface area contributed by atoms with E-state index >= 15 is 0 Å². The van der Waals surface area contributed by atoms with E-state index in [1.54, 1.807) is 0 Å². The van der Waals surface area contributed by atoms with Gasteiger partial charge in [0.2, 0.25) is 0 Å². The van der Waals surface area contributed by atoms with E-state index in [1.807, 2.05) is 18.2 Å². The van der Waals surface area contributed by atoms with Crippen LogP contribution in [0.3, 0.4) is 0 Å². The zero-order valence-corrected chi connectivity index (χ0v) is 31.3. The van der Waals surface area contributed by atoms with Gasteiger partial charge in [0.05, 0.1) is 0 Å². The lowest BCUT2D eigenvalue weighted by Crippen LogP contribution is -2.00. The van der Waals surface area contributed by atoms with Crippen molar-refractivity contribution < 1.29 is 8.83 Å². The first-order chi connectivity index (χ1) is 28.7. The van der Waals surface area contributed by atoms with Gasteiger partial charge in [-0.1, -0.05) is 140 Å². The quantitative estimate of drug-likeness (QED) is 0.176. The van der Waals surface area contributed by atoms with Crippen LogP contribution in [0.25, 0.3) is 117 Å². The van der Waals surface area contributed by atoms with Crippen molar-refractivity contribution in [2.75, 3.05) is 0 Å². The molecule has 272 valence electrons. The molecule has 5 nitrogen and oxygen atoms in total. The van der Waals surface area contributed by atoms with Gasteiger partial charge in [0.25, 0.3) is 0 Å². The van der Waals surface area contributed by atoms with Crippen molar-refractivity contribution in [1.82, 2.24) is 15.0 Å². The number of nitrogens with zero attached hydrogens (tertiary/aromatic N) is 3. The molecule has 0 bridgehead atoms. The number of hydrogen-bond acceptors (Lipinski definition) is 5. The highest BCUT2D eigenvalue weighted by Crippen LogP contribution is 2.44. The summed E-state index contributed by atoms with van der Waals surface area (Å²) >= 11 is 0. The maximum atomic E-state index is 6.70. The number of rotatable bonds is 5. The lowest BCUT2D eigenvalue weighted by atomic mass is 9.91. The van der Waals surface area contributed by atoms with E-state index in [0.717, 1.165) is 101 Å². The largest absolute Gasteiger partial charge is 0.456 e. The summed E-state index contributed by atoms with van der Waals surface area (Å²) in [5.41, 5.74) is 11.1. The van der Waals surface area contributed by atoms with E-state index < -0.39 is 0 Å². The minimum Gasteiger partial charge on any atom is -0.456 e. The predicted molar refractivity (Wildman–Crippen MR) is 236 cm³/mol. The number of hydrogen-bond donors (Lipinski definition) is 0. The van der Waals surface area contributed by atoms with Crippen molar-refractivity contribution in [3.63, 3.8) is 0 Å². The number of aryl methyl sites for hydroxylation is 1. The molecule has 0 aliphatic heterocycles. The molecule has 58 heavy (non-hydrogen) atoms. The van der Waals surface area contributed by atoms with E-state index in [4.69, 9.17) is 23.8 Å². The van der Waals surface area contributed by atoms with Crippen molar-refractivity contribution in [3.8, 4) is 56.4 Å². The highest BCUT2D eigenvalue weighted by Gasteiger charge is 2.23. The Labute approximate surface area is 333 Å². The fraction of sp³-hybridized carbons (Fsp3) is 0.0377. The molecule has 0 N–H and O–H groups in total. The molecule has 0 unspecified atom stereocenters. The predicted octanol–water partition coefficient (Wildman–Crippen LogP) is 14.1. The van der Waals surface area contributed by atoms with Crippen LogP contribution in [0.1, 0.15) is 17.7 Å². The van der Waals surface area contributed by atoms with Gasteiger partial charge in [-0.25, -0.2) is 15.0 Å². The van der Waals surface area contributed by atoms with E-state index in [-0.39, 0.29) is 0 Å². The molecule has 0 saturated carbocycles. The second-order valence-electron chi connectivity index (χ2n) is 15.0. The monoisotopic (exact) mass is 743 g/mol. The van der Waals surface area contributed by atoms with Gasteiger partial charge in [-0.05, 0) is 87.7 Å². The molecule has 12 rings (SSSR count). The average molecular weight is 744 g/mol. The fourth-order valence-corrected chi connectivity index (χ4v) is 8.75. The van der Waals surface area contributed by atoms with Crippen LogP contribution in [0, 0.1) is 0 Å². The third-order valence-corrected chi connectivity index (χ3v) is 11.6. The summed E-state index contributed by atoms with van der Waals surface area (Å²) in [5.74, 6) is 2.77. The van der Waals surface area contributed by atoms with Gasteiger partial charge in [-0.2, -0.15) is 0 Å². The number of aromatic nitrogens is 3. The molecule has 0 amide bonds. The molecule has 0 spiro atoms. The van der Waals surface area contributed by atoms with Gasteiger partial charge in [0, 0.05) is 43.8 Å². The molecule has 0 fully saturated rings. The van der Waals surface area contributed by atoms with Gasteiger partial charge in [0.15, 0.2) is 17.5 Å². The number of furan rings is 2. The molecule has 1 aliphatic rings. The third kappa shape index (κ3) is 5.28. The van der Waals surface area contributed by atoms with Gasteiger partial charge >= 0.3 is 0 Å². The molecular formula is C53H33N3O2. The first-order valence-electron chi connectivity index (χ1n) is 19.7. The molecule has 5 heteroatoms. The molecule has 8 aromatic carbocycles. The summed E-state index contributed by atoms with van der Waals surface area (Å²) in [4.78, 5) is 15.5. The molecule has 1 aliphatic carbocycles. The third-order valence-electron chi connectivity index (χ3n) is 11.6. The van der Waals surface area contributed by atoms with Crippen molar-refractivity contribution in [2.24, 2.45) is 0 Å². The Balaban J connectivity index is 1.03. The van der Waals surface area contributed by atoms with E-state index in [1.165, 1.54) is 16.3 Å². The zero-order chi connectivity index (χ0) is 38.2. The maximum Gasteiger partial charge on any atom is 0.164 e. The number of allylic oxidation sites excluding steroid dienone is 1. The minimum atomic E-state index is 0.590. The summed E-state index contributed by atoms with van der Waals surface area (Å²) in [6.07, 6.45) is 6.28. The van der Waals surface area contributed by atoms with E-state index in [2.05, 4.69) is 158 Å². The van der Waals surface area contributed by atoms with Crippen molar-refractivity contribution >= 4 is 60.5 Å². The standard InChI is InChI=1S/C53H33N3O2/c1-2-11-32(12-3-1)34-21-24-35(25-22-34)51-54-52(39-26-23-33-13-4-5-14-36(33)29-39)56-53(55-51)43-18-10-20-46-48(43)42-28-27-38(31-47(42)57-46)44-30-37-15-6-7-16-40(37)50-49(44)41-17-8-9-19-45(41)58-50/h1-7,9-16,18-31H,8,17H2. The summed E-state index contributed by atoms with van der Waals surface area (Å²) < 4.78 is 13.3. The van der Waals surface area contributed by atoms with Crippen LogP contribution in [0.5, 0.6) is 0 Å². The smallest absolute Gasteiger partial charge is 0.164 e. The Morgan fingerprint density at radius 2 is 1.12 bits per heavy atom. The van der Waals surface area contributed by atoms with E-state index in [0.29, 0.717) is 17.5 Å². The van der Waals surface area contributed by atoms with Crippen LogP contribution in [-0.2, 0) is 6.42 Å². The van der Waals surface area contributed by atoms with Crippen molar-refractivity contribution in [1.29, 1.82) is 0 Å². The maximum absolute atomic E-state index is 6.70. The second-order valence-corrected chi connectivity index (χ2v) is 15.0. The minimum absolute atomic E-state index is 0.590. The van der Waals surface area contributed by atoms with Crippen LogP contribution in [-0.4, -0.2) is 15.0 Å². The van der Waals surface area contributed by atoms with Crippen molar-refractivity contribution in [2.45, 2.75) is 12.8 Å². The van der Waals surface area contributed by atoms with Gasteiger partial charge < -0.3 is 8.83 Å². The Hall–Kier alpha value is -7.63. The molecule has 3 heterocycles. The Morgan fingerprint density at radius 3 is 2.00 bits per heavy atom. The average Bonchev–Trinajstić information content (AvgIpc) is 3.88. The Morgan fingerprint density at radius 1 is 0.414 bits per heavy atom. The SMILES string of the molecule is C1=Cc2oc3c(c(-c4ccc5c(c4)oc4cccc(-c6nc(-c7ccc(-c8ccccc8)cc7)nc(-c7ccc8ccccc8c7)n6)c45)cc4ccccc43)c2CC1. The summed E-state index contributed by atoms with van der Waals surface area (Å²) in [6, 6.07) is 57.1. The van der Waals surface area contributed by atoms with Gasteiger partial charge in [-0.3, -0.25) is 0 Å². The lowest BCUT2D eigenvalue weighted by Gasteiger charge is -2.11. The molecule has 3 aromatic heterocycles. The molecule has 0 saturated heterocycles.